The van der Waals surface area contributed by atoms with E-state index in [0.29, 0.717) is 21.2 Å². The molecule has 0 aliphatic carbocycles. The van der Waals surface area contributed by atoms with E-state index >= 15 is 0 Å². The molecule has 24 heavy (non-hydrogen) atoms. The van der Waals surface area contributed by atoms with Gasteiger partial charge in [0, 0.05) is 10.0 Å². The molecule has 124 valence electrons. The topological polar surface area (TPSA) is 71.2 Å². The maximum atomic E-state index is 11.4. The first-order valence-electron chi connectivity index (χ1n) is 7.23. The molecule has 0 aliphatic rings. The minimum atomic E-state index is -1.66. The van der Waals surface area contributed by atoms with Crippen LogP contribution in [0.2, 0.25) is 10.0 Å². The Balaban J connectivity index is 2.07. The molecule has 2 N–H and O–H groups in total. The summed E-state index contributed by atoms with van der Waals surface area (Å²) in [7, 11) is 0. The fourth-order valence-electron chi connectivity index (χ4n) is 2.61. The van der Waals surface area contributed by atoms with Crippen LogP contribution in [0, 0.1) is 0 Å². The molecule has 0 radical (unpaired) electrons. The summed E-state index contributed by atoms with van der Waals surface area (Å²) >= 11 is 12.1. The Bertz CT molecular complexity index is 826. The smallest absolute Gasteiger partial charge is 0.139 e. The van der Waals surface area contributed by atoms with Gasteiger partial charge in [0.05, 0.1) is 6.54 Å². The fourth-order valence-corrected chi connectivity index (χ4v) is 3.00. The maximum Gasteiger partial charge on any atom is 0.139 e. The molecule has 3 aromatic rings. The number of rotatable bonds is 5. The van der Waals surface area contributed by atoms with Gasteiger partial charge in [-0.05, 0) is 35.4 Å². The van der Waals surface area contributed by atoms with Gasteiger partial charge in [0.15, 0.2) is 0 Å². The van der Waals surface area contributed by atoms with Crippen LogP contribution in [0.3, 0.4) is 0 Å². The van der Waals surface area contributed by atoms with E-state index in [0.717, 1.165) is 0 Å². The fraction of sp³-hybridized carbons (Fsp3) is 0.176. The van der Waals surface area contributed by atoms with Gasteiger partial charge in [0.25, 0.3) is 0 Å². The molecule has 0 fully saturated rings. The first-order chi connectivity index (χ1) is 11.5. The first kappa shape index (κ1) is 16.9. The lowest BCUT2D eigenvalue weighted by Crippen LogP contribution is -2.38. The van der Waals surface area contributed by atoms with Gasteiger partial charge in [-0.2, -0.15) is 5.10 Å². The SMILES string of the molecule is O[C@@H](c1cccc(Cl)c1)[C@](O)(Cn1cncn1)c1cccc(Cl)c1. The number of nitrogens with zero attached hydrogens (tertiary/aromatic N) is 3. The average Bonchev–Trinajstić information content (AvgIpc) is 3.07. The molecular formula is C17H15Cl2N3O2. The second kappa shape index (κ2) is 6.91. The molecular weight excluding hydrogens is 349 g/mol. The van der Waals surface area contributed by atoms with Crippen molar-refractivity contribution in [3.05, 3.63) is 82.4 Å². The number of aliphatic hydroxyl groups excluding tert-OH is 1. The maximum absolute atomic E-state index is 11.4. The molecule has 1 aromatic heterocycles. The van der Waals surface area contributed by atoms with Crippen LogP contribution in [-0.4, -0.2) is 25.0 Å². The third kappa shape index (κ3) is 3.44. The van der Waals surface area contributed by atoms with E-state index in [1.54, 1.807) is 48.5 Å². The van der Waals surface area contributed by atoms with Gasteiger partial charge in [0.1, 0.15) is 24.4 Å². The summed E-state index contributed by atoms with van der Waals surface area (Å²) in [6, 6.07) is 13.5. The minimum absolute atomic E-state index is 0.00101. The van der Waals surface area contributed by atoms with E-state index in [4.69, 9.17) is 23.2 Å². The van der Waals surface area contributed by atoms with Crippen molar-refractivity contribution in [2.45, 2.75) is 18.2 Å². The highest BCUT2D eigenvalue weighted by atomic mass is 35.5. The summed E-state index contributed by atoms with van der Waals surface area (Å²) in [5.74, 6) is 0. The van der Waals surface area contributed by atoms with E-state index in [-0.39, 0.29) is 6.54 Å². The number of benzene rings is 2. The Hall–Kier alpha value is -1.92. The van der Waals surface area contributed by atoms with E-state index < -0.39 is 11.7 Å². The van der Waals surface area contributed by atoms with Crippen LogP contribution in [0.15, 0.2) is 61.2 Å². The third-order valence-electron chi connectivity index (χ3n) is 3.81. The molecule has 0 spiro atoms. The molecule has 2 atom stereocenters. The van der Waals surface area contributed by atoms with Gasteiger partial charge in [-0.1, -0.05) is 47.5 Å². The monoisotopic (exact) mass is 363 g/mol. The van der Waals surface area contributed by atoms with Crippen LogP contribution in [-0.2, 0) is 12.1 Å². The number of hydrogen-bond donors (Lipinski definition) is 2. The van der Waals surface area contributed by atoms with Crippen LogP contribution in [0.1, 0.15) is 17.2 Å². The highest BCUT2D eigenvalue weighted by Crippen LogP contribution is 2.38. The van der Waals surface area contributed by atoms with Crippen molar-refractivity contribution in [3.63, 3.8) is 0 Å². The van der Waals surface area contributed by atoms with E-state index in [9.17, 15) is 10.2 Å². The van der Waals surface area contributed by atoms with Crippen LogP contribution < -0.4 is 0 Å². The molecule has 0 saturated carbocycles. The second-order valence-electron chi connectivity index (χ2n) is 5.49. The number of aliphatic hydroxyl groups is 2. The zero-order chi connectivity index (χ0) is 17.2. The normalized spacial score (nSPS) is 15.0. The van der Waals surface area contributed by atoms with E-state index in [2.05, 4.69) is 10.1 Å². The lowest BCUT2D eigenvalue weighted by molar-refractivity contribution is -0.0965. The molecule has 0 unspecified atom stereocenters. The average molecular weight is 364 g/mol. The summed E-state index contributed by atoms with van der Waals surface area (Å²) < 4.78 is 1.45. The molecule has 2 aromatic carbocycles. The van der Waals surface area contributed by atoms with Gasteiger partial charge in [-0.15, -0.1) is 0 Å². The predicted molar refractivity (Wildman–Crippen MR) is 91.8 cm³/mol. The number of aromatic nitrogens is 3. The lowest BCUT2D eigenvalue weighted by Gasteiger charge is -2.34. The molecule has 1 heterocycles. The molecule has 0 bridgehead atoms. The Kier molecular flexibility index (Phi) is 4.87. The van der Waals surface area contributed by atoms with Crippen LogP contribution in [0.5, 0.6) is 0 Å². The summed E-state index contributed by atoms with van der Waals surface area (Å²) in [6.45, 7) is 0.00101. The number of halogens is 2. The minimum Gasteiger partial charge on any atom is -0.385 e. The quantitative estimate of drug-likeness (QED) is 0.729. The lowest BCUT2D eigenvalue weighted by atomic mass is 9.84. The Morgan fingerprint density at radius 1 is 1.08 bits per heavy atom. The summed E-state index contributed by atoms with van der Waals surface area (Å²) in [5, 5.41) is 27.2. The van der Waals surface area contributed by atoms with Crippen molar-refractivity contribution in [1.29, 1.82) is 0 Å². The Labute approximate surface area is 149 Å². The third-order valence-corrected chi connectivity index (χ3v) is 4.28. The summed E-state index contributed by atoms with van der Waals surface area (Å²) in [5.41, 5.74) is -0.702. The second-order valence-corrected chi connectivity index (χ2v) is 6.36. The Morgan fingerprint density at radius 2 is 1.79 bits per heavy atom. The molecule has 0 saturated heterocycles. The van der Waals surface area contributed by atoms with E-state index in [1.807, 2.05) is 0 Å². The van der Waals surface area contributed by atoms with Crippen LogP contribution in [0.4, 0.5) is 0 Å². The highest BCUT2D eigenvalue weighted by molar-refractivity contribution is 6.30. The van der Waals surface area contributed by atoms with E-state index in [1.165, 1.54) is 17.3 Å². The zero-order valence-corrected chi connectivity index (χ0v) is 14.1. The van der Waals surface area contributed by atoms with Crippen molar-refractivity contribution in [2.24, 2.45) is 0 Å². The first-order valence-corrected chi connectivity index (χ1v) is 7.99. The van der Waals surface area contributed by atoms with Crippen molar-refractivity contribution in [3.8, 4) is 0 Å². The largest absolute Gasteiger partial charge is 0.385 e. The Morgan fingerprint density at radius 3 is 2.42 bits per heavy atom. The van der Waals surface area contributed by atoms with Gasteiger partial charge in [-0.25, -0.2) is 9.67 Å². The predicted octanol–water partition coefficient (Wildman–Crippen LogP) is 3.21. The van der Waals surface area contributed by atoms with Crippen LogP contribution in [0.25, 0.3) is 0 Å². The van der Waals surface area contributed by atoms with Crippen molar-refractivity contribution in [2.75, 3.05) is 0 Å². The molecule has 5 nitrogen and oxygen atoms in total. The van der Waals surface area contributed by atoms with Gasteiger partial charge in [-0.3, -0.25) is 0 Å². The van der Waals surface area contributed by atoms with Crippen molar-refractivity contribution in [1.82, 2.24) is 14.8 Å². The molecule has 7 heteroatoms. The standard InChI is InChI=1S/C17H15Cl2N3O2/c18-14-5-1-3-12(7-14)16(23)17(24,9-22-11-20-10-21-22)13-4-2-6-15(19)8-13/h1-8,10-11,16,23-24H,9H2/t16-,17-/m0/s1. The van der Waals surface area contributed by atoms with Gasteiger partial charge < -0.3 is 10.2 Å². The van der Waals surface area contributed by atoms with Gasteiger partial charge >= 0.3 is 0 Å². The van der Waals surface area contributed by atoms with Crippen molar-refractivity contribution >= 4 is 23.2 Å². The van der Waals surface area contributed by atoms with Crippen molar-refractivity contribution < 1.29 is 10.2 Å². The summed E-state index contributed by atoms with van der Waals surface area (Å²) in [6.07, 6.45) is 1.60. The summed E-state index contributed by atoms with van der Waals surface area (Å²) in [4.78, 5) is 3.88. The molecule has 0 aliphatic heterocycles. The van der Waals surface area contributed by atoms with Gasteiger partial charge in [0.2, 0.25) is 0 Å². The highest BCUT2D eigenvalue weighted by Gasteiger charge is 2.39. The van der Waals surface area contributed by atoms with Crippen LogP contribution >= 0.6 is 23.2 Å². The number of hydrogen-bond acceptors (Lipinski definition) is 4. The molecule has 0 amide bonds. The zero-order valence-electron chi connectivity index (χ0n) is 12.5. The molecule has 3 rings (SSSR count).